The van der Waals surface area contributed by atoms with Gasteiger partial charge in [-0.25, -0.2) is 0 Å². The van der Waals surface area contributed by atoms with E-state index in [1.54, 1.807) is 0 Å². The van der Waals surface area contributed by atoms with Crippen molar-refractivity contribution in [1.82, 2.24) is 9.78 Å². The van der Waals surface area contributed by atoms with Crippen LogP contribution in [0.3, 0.4) is 0 Å². The van der Waals surface area contributed by atoms with E-state index in [0.717, 1.165) is 0 Å². The first-order chi connectivity index (χ1) is 5.29. The van der Waals surface area contributed by atoms with E-state index in [1.165, 1.54) is 30.5 Å². The number of aryl methyl sites for hydroxylation is 1. The van der Waals surface area contributed by atoms with Crippen molar-refractivity contribution in [2.75, 3.05) is 0 Å². The van der Waals surface area contributed by atoms with Crippen LogP contribution in [0.25, 0.3) is 0 Å². The molecule has 0 N–H and O–H groups in total. The Kier molecular flexibility index (Phi) is 1.68. The van der Waals surface area contributed by atoms with Crippen LogP contribution in [-0.2, 0) is 13.5 Å². The summed E-state index contributed by atoms with van der Waals surface area (Å²) in [6.45, 7) is 0. The van der Waals surface area contributed by atoms with E-state index in [9.17, 15) is 0 Å². The maximum absolute atomic E-state index is 4.50. The van der Waals surface area contributed by atoms with Crippen LogP contribution in [0.1, 0.15) is 29.3 Å². The number of thiol groups is 1. The molecule has 1 aromatic rings. The monoisotopic (exact) mass is 168 g/mol. The van der Waals surface area contributed by atoms with Crippen LogP contribution in [0.5, 0.6) is 0 Å². The van der Waals surface area contributed by atoms with Gasteiger partial charge in [-0.1, -0.05) is 0 Å². The SMILES string of the molecule is Cn1ncc2c1CCCC2S. The van der Waals surface area contributed by atoms with Gasteiger partial charge in [0, 0.05) is 23.6 Å². The molecule has 0 saturated heterocycles. The van der Waals surface area contributed by atoms with Gasteiger partial charge in [0.25, 0.3) is 0 Å². The second-order valence-electron chi connectivity index (χ2n) is 3.08. The van der Waals surface area contributed by atoms with E-state index in [4.69, 9.17) is 0 Å². The van der Waals surface area contributed by atoms with Gasteiger partial charge in [-0.15, -0.1) is 0 Å². The molecule has 0 fully saturated rings. The van der Waals surface area contributed by atoms with Crippen LogP contribution in [0.4, 0.5) is 0 Å². The molecule has 1 atom stereocenters. The molecule has 0 saturated carbocycles. The number of rotatable bonds is 0. The number of nitrogens with zero attached hydrogens (tertiary/aromatic N) is 2. The summed E-state index contributed by atoms with van der Waals surface area (Å²) < 4.78 is 1.97. The van der Waals surface area contributed by atoms with E-state index in [1.807, 2.05) is 17.9 Å². The fraction of sp³-hybridized carbons (Fsp3) is 0.625. The molecule has 1 unspecified atom stereocenters. The minimum Gasteiger partial charge on any atom is -0.272 e. The third-order valence-electron chi connectivity index (χ3n) is 2.34. The molecule has 1 aromatic heterocycles. The van der Waals surface area contributed by atoms with Crippen molar-refractivity contribution in [3.05, 3.63) is 17.5 Å². The molecular weight excluding hydrogens is 156 g/mol. The fourth-order valence-electron chi connectivity index (χ4n) is 1.68. The first-order valence-electron chi connectivity index (χ1n) is 3.98. The highest BCUT2D eigenvalue weighted by atomic mass is 32.1. The average Bonchev–Trinajstić information content (AvgIpc) is 2.35. The summed E-state index contributed by atoms with van der Waals surface area (Å²) in [4.78, 5) is 0. The zero-order valence-electron chi connectivity index (χ0n) is 6.62. The lowest BCUT2D eigenvalue weighted by atomic mass is 9.98. The van der Waals surface area contributed by atoms with Gasteiger partial charge < -0.3 is 0 Å². The Morgan fingerprint density at radius 3 is 3.27 bits per heavy atom. The van der Waals surface area contributed by atoms with Crippen molar-refractivity contribution in [3.63, 3.8) is 0 Å². The van der Waals surface area contributed by atoms with E-state index in [-0.39, 0.29) is 0 Å². The molecule has 1 heterocycles. The fourth-order valence-corrected chi connectivity index (χ4v) is 2.08. The van der Waals surface area contributed by atoms with Gasteiger partial charge in [-0.3, -0.25) is 4.68 Å². The molecule has 60 valence electrons. The second-order valence-corrected chi connectivity index (χ2v) is 3.70. The normalized spacial score (nSPS) is 23.3. The zero-order valence-corrected chi connectivity index (χ0v) is 7.51. The molecule has 0 aromatic carbocycles. The summed E-state index contributed by atoms with van der Waals surface area (Å²) in [5, 5.41) is 4.64. The Bertz CT molecular complexity index is 267. The molecule has 0 amide bonds. The third-order valence-corrected chi connectivity index (χ3v) is 2.88. The van der Waals surface area contributed by atoms with Crippen LogP contribution in [0.2, 0.25) is 0 Å². The van der Waals surface area contributed by atoms with Crippen molar-refractivity contribution < 1.29 is 0 Å². The van der Waals surface area contributed by atoms with E-state index in [2.05, 4.69) is 17.7 Å². The van der Waals surface area contributed by atoms with Gasteiger partial charge >= 0.3 is 0 Å². The van der Waals surface area contributed by atoms with Crippen molar-refractivity contribution in [1.29, 1.82) is 0 Å². The topological polar surface area (TPSA) is 17.8 Å². The van der Waals surface area contributed by atoms with Crippen LogP contribution in [0, 0.1) is 0 Å². The van der Waals surface area contributed by atoms with Gasteiger partial charge in [-0.2, -0.15) is 17.7 Å². The molecule has 0 bridgehead atoms. The summed E-state index contributed by atoms with van der Waals surface area (Å²) in [5.41, 5.74) is 2.71. The summed E-state index contributed by atoms with van der Waals surface area (Å²) in [6.07, 6.45) is 5.57. The number of hydrogen-bond donors (Lipinski definition) is 1. The number of fused-ring (bicyclic) bond motifs is 1. The first-order valence-corrected chi connectivity index (χ1v) is 4.49. The molecule has 0 radical (unpaired) electrons. The summed E-state index contributed by atoms with van der Waals surface area (Å²) >= 11 is 4.50. The molecule has 11 heavy (non-hydrogen) atoms. The van der Waals surface area contributed by atoms with Crippen LogP contribution >= 0.6 is 12.6 Å². The molecule has 0 spiro atoms. The smallest absolute Gasteiger partial charge is 0.0535 e. The predicted molar refractivity (Wildman–Crippen MR) is 47.9 cm³/mol. The molecule has 2 rings (SSSR count). The number of hydrogen-bond acceptors (Lipinski definition) is 2. The molecule has 0 aliphatic heterocycles. The second kappa shape index (κ2) is 2.55. The molecular formula is C8H12N2S. The Balaban J connectivity index is 2.46. The highest BCUT2D eigenvalue weighted by Crippen LogP contribution is 2.33. The van der Waals surface area contributed by atoms with Gasteiger partial charge in [0.05, 0.1) is 6.20 Å². The Morgan fingerprint density at radius 1 is 1.73 bits per heavy atom. The minimum atomic E-state index is 0.424. The van der Waals surface area contributed by atoms with E-state index < -0.39 is 0 Å². The van der Waals surface area contributed by atoms with Crippen LogP contribution in [-0.4, -0.2) is 9.78 Å². The van der Waals surface area contributed by atoms with Gasteiger partial charge in [0.1, 0.15) is 0 Å². The lowest BCUT2D eigenvalue weighted by Crippen LogP contribution is -2.07. The Hall–Kier alpha value is -0.440. The first kappa shape index (κ1) is 7.22. The molecule has 1 aliphatic rings. The Labute approximate surface area is 72.0 Å². The average molecular weight is 168 g/mol. The highest BCUT2D eigenvalue weighted by Gasteiger charge is 2.19. The van der Waals surface area contributed by atoms with E-state index in [0.29, 0.717) is 5.25 Å². The van der Waals surface area contributed by atoms with Gasteiger partial charge in [0.2, 0.25) is 0 Å². The summed E-state index contributed by atoms with van der Waals surface area (Å²) in [5.74, 6) is 0. The van der Waals surface area contributed by atoms with Crippen molar-refractivity contribution >= 4 is 12.6 Å². The highest BCUT2D eigenvalue weighted by molar-refractivity contribution is 7.80. The number of aromatic nitrogens is 2. The third kappa shape index (κ3) is 1.07. The quantitative estimate of drug-likeness (QED) is 0.584. The Morgan fingerprint density at radius 2 is 2.55 bits per heavy atom. The van der Waals surface area contributed by atoms with Crippen LogP contribution < -0.4 is 0 Å². The maximum atomic E-state index is 4.50. The van der Waals surface area contributed by atoms with Crippen molar-refractivity contribution in [2.24, 2.45) is 7.05 Å². The molecule has 1 aliphatic carbocycles. The standard InChI is InChI=1S/C8H12N2S/c1-10-7-3-2-4-8(11)6(7)5-9-10/h5,8,11H,2-4H2,1H3. The summed E-state index contributed by atoms with van der Waals surface area (Å²) in [7, 11) is 2.00. The predicted octanol–water partition coefficient (Wildman–Crippen LogP) is 1.73. The van der Waals surface area contributed by atoms with Crippen molar-refractivity contribution in [3.8, 4) is 0 Å². The largest absolute Gasteiger partial charge is 0.272 e. The molecule has 2 nitrogen and oxygen atoms in total. The minimum absolute atomic E-state index is 0.424. The van der Waals surface area contributed by atoms with Crippen molar-refractivity contribution in [2.45, 2.75) is 24.5 Å². The lowest BCUT2D eigenvalue weighted by molar-refractivity contribution is 0.621. The maximum Gasteiger partial charge on any atom is 0.0535 e. The van der Waals surface area contributed by atoms with E-state index >= 15 is 0 Å². The lowest BCUT2D eigenvalue weighted by Gasteiger charge is -2.17. The summed E-state index contributed by atoms with van der Waals surface area (Å²) in [6, 6.07) is 0. The van der Waals surface area contributed by atoms with Crippen LogP contribution in [0.15, 0.2) is 6.20 Å². The van der Waals surface area contributed by atoms with Gasteiger partial charge in [0.15, 0.2) is 0 Å². The molecule has 3 heteroatoms. The zero-order chi connectivity index (χ0) is 7.84. The van der Waals surface area contributed by atoms with Gasteiger partial charge in [-0.05, 0) is 19.3 Å².